The first kappa shape index (κ1) is 28.1. The highest BCUT2D eigenvalue weighted by molar-refractivity contribution is 6.03. The standard InChI is InChI=1S/C36H28N4O4/c1-25-14-20-34(28-10-3-2-4-11-28)39(25)30-18-15-29(16-19-30)36(41)38-37-23-33-32-13-6-5-9-27(32)17-21-35(33)44-24-26-8-7-12-31(22-26)40(42)43/h2-23H,24H2,1H3,(H,38,41)/b37-23+. The zero-order valence-electron chi connectivity index (χ0n) is 23.9. The number of nitro benzene ring substituents is 1. The number of hydrogen-bond acceptors (Lipinski definition) is 5. The second-order valence-corrected chi connectivity index (χ2v) is 10.2. The molecular formula is C36H28N4O4. The number of hydrazone groups is 1. The summed E-state index contributed by atoms with van der Waals surface area (Å²) >= 11 is 0. The van der Waals surface area contributed by atoms with Crippen LogP contribution in [0.2, 0.25) is 0 Å². The van der Waals surface area contributed by atoms with E-state index in [9.17, 15) is 14.9 Å². The molecule has 0 radical (unpaired) electrons. The molecule has 6 rings (SSSR count). The molecule has 0 saturated heterocycles. The summed E-state index contributed by atoms with van der Waals surface area (Å²) in [5, 5.41) is 17.3. The molecule has 1 N–H and O–H groups in total. The van der Waals surface area contributed by atoms with Crippen molar-refractivity contribution < 1.29 is 14.5 Å². The molecule has 0 aliphatic rings. The maximum Gasteiger partial charge on any atom is 0.271 e. The van der Waals surface area contributed by atoms with Crippen molar-refractivity contribution in [3.05, 3.63) is 160 Å². The number of hydrogen-bond donors (Lipinski definition) is 1. The molecule has 216 valence electrons. The Morgan fingerprint density at radius 1 is 0.886 bits per heavy atom. The van der Waals surface area contributed by atoms with Crippen molar-refractivity contribution in [1.82, 2.24) is 9.99 Å². The van der Waals surface area contributed by atoms with Gasteiger partial charge >= 0.3 is 0 Å². The summed E-state index contributed by atoms with van der Waals surface area (Å²) in [6, 6.07) is 39.6. The van der Waals surface area contributed by atoms with E-state index in [-0.39, 0.29) is 18.2 Å². The van der Waals surface area contributed by atoms with Crippen LogP contribution >= 0.6 is 0 Å². The van der Waals surface area contributed by atoms with Crippen molar-refractivity contribution in [3.8, 4) is 22.7 Å². The van der Waals surface area contributed by atoms with Gasteiger partial charge in [-0.1, -0.05) is 72.8 Å². The van der Waals surface area contributed by atoms with Gasteiger partial charge < -0.3 is 9.30 Å². The molecule has 1 amide bonds. The maximum absolute atomic E-state index is 13.0. The highest BCUT2D eigenvalue weighted by atomic mass is 16.6. The topological polar surface area (TPSA) is 98.8 Å². The fourth-order valence-electron chi connectivity index (χ4n) is 5.15. The number of nitro groups is 1. The van der Waals surface area contributed by atoms with Gasteiger partial charge in [0.1, 0.15) is 12.4 Å². The van der Waals surface area contributed by atoms with Gasteiger partial charge in [-0.25, -0.2) is 5.43 Å². The first-order valence-electron chi connectivity index (χ1n) is 14.0. The molecule has 0 unspecified atom stereocenters. The third-order valence-corrected chi connectivity index (χ3v) is 7.34. The zero-order chi connectivity index (χ0) is 30.5. The number of non-ortho nitro benzene ring substituents is 1. The van der Waals surface area contributed by atoms with Crippen molar-refractivity contribution in [2.45, 2.75) is 13.5 Å². The second-order valence-electron chi connectivity index (χ2n) is 10.2. The Hall–Kier alpha value is -6.02. The Morgan fingerprint density at radius 2 is 1.66 bits per heavy atom. The molecule has 1 heterocycles. The van der Waals surface area contributed by atoms with Crippen LogP contribution in [0.25, 0.3) is 27.7 Å². The Kier molecular flexibility index (Phi) is 7.96. The van der Waals surface area contributed by atoms with E-state index >= 15 is 0 Å². The monoisotopic (exact) mass is 580 g/mol. The average molecular weight is 581 g/mol. The Bertz CT molecular complexity index is 2000. The fourth-order valence-corrected chi connectivity index (χ4v) is 5.15. The normalized spacial score (nSPS) is 11.1. The van der Waals surface area contributed by atoms with Crippen molar-refractivity contribution in [2.24, 2.45) is 5.10 Å². The molecule has 0 aliphatic heterocycles. The van der Waals surface area contributed by atoms with Gasteiger partial charge in [-0.2, -0.15) is 5.10 Å². The van der Waals surface area contributed by atoms with Gasteiger partial charge in [-0.05, 0) is 71.3 Å². The molecule has 8 heteroatoms. The van der Waals surface area contributed by atoms with E-state index in [1.54, 1.807) is 30.5 Å². The molecule has 0 bridgehead atoms. The summed E-state index contributed by atoms with van der Waals surface area (Å²) in [4.78, 5) is 23.7. The van der Waals surface area contributed by atoms with E-state index < -0.39 is 4.92 Å². The number of nitrogens with one attached hydrogen (secondary N) is 1. The summed E-state index contributed by atoms with van der Waals surface area (Å²) in [7, 11) is 0. The minimum absolute atomic E-state index is 0.00210. The lowest BCUT2D eigenvalue weighted by Crippen LogP contribution is -2.17. The molecule has 0 fully saturated rings. The summed E-state index contributed by atoms with van der Waals surface area (Å²) in [6.45, 7) is 2.18. The highest BCUT2D eigenvalue weighted by Crippen LogP contribution is 2.29. The number of aromatic nitrogens is 1. The van der Waals surface area contributed by atoms with Crippen LogP contribution in [0.5, 0.6) is 5.75 Å². The average Bonchev–Trinajstić information content (AvgIpc) is 3.45. The van der Waals surface area contributed by atoms with E-state index in [1.165, 1.54) is 12.1 Å². The van der Waals surface area contributed by atoms with Crippen LogP contribution in [-0.4, -0.2) is 21.6 Å². The minimum atomic E-state index is -0.433. The SMILES string of the molecule is Cc1ccc(-c2ccccc2)n1-c1ccc(C(=O)N/N=C/c2c(OCc3cccc([N+](=O)[O-])c3)ccc3ccccc23)cc1. The lowest BCUT2D eigenvalue weighted by atomic mass is 10.0. The van der Waals surface area contributed by atoms with Gasteiger partial charge in [0.25, 0.3) is 11.6 Å². The molecule has 0 spiro atoms. The van der Waals surface area contributed by atoms with Gasteiger partial charge in [-0.15, -0.1) is 0 Å². The third kappa shape index (κ3) is 5.96. The highest BCUT2D eigenvalue weighted by Gasteiger charge is 2.13. The van der Waals surface area contributed by atoms with Gasteiger partial charge in [0.05, 0.1) is 16.8 Å². The first-order valence-corrected chi connectivity index (χ1v) is 14.0. The van der Waals surface area contributed by atoms with Crippen LogP contribution in [0, 0.1) is 17.0 Å². The number of carbonyl (C=O) groups excluding carboxylic acids is 1. The second kappa shape index (κ2) is 12.5. The number of rotatable bonds is 9. The van der Waals surface area contributed by atoms with Gasteiger partial charge in [0.15, 0.2) is 0 Å². The summed E-state index contributed by atoms with van der Waals surface area (Å²) in [5.74, 6) is 0.188. The third-order valence-electron chi connectivity index (χ3n) is 7.34. The van der Waals surface area contributed by atoms with E-state index in [1.807, 2.05) is 66.7 Å². The number of benzene rings is 5. The van der Waals surface area contributed by atoms with Crippen molar-refractivity contribution in [1.29, 1.82) is 0 Å². The predicted molar refractivity (Wildman–Crippen MR) is 172 cm³/mol. The lowest BCUT2D eigenvalue weighted by Gasteiger charge is -2.13. The van der Waals surface area contributed by atoms with E-state index in [0.29, 0.717) is 22.4 Å². The van der Waals surface area contributed by atoms with Crippen LogP contribution in [0.4, 0.5) is 5.69 Å². The molecule has 0 atom stereocenters. The van der Waals surface area contributed by atoms with Crippen LogP contribution in [0.15, 0.2) is 132 Å². The van der Waals surface area contributed by atoms with Crippen LogP contribution in [-0.2, 0) is 6.61 Å². The zero-order valence-corrected chi connectivity index (χ0v) is 23.9. The van der Waals surface area contributed by atoms with E-state index in [0.717, 1.165) is 33.4 Å². The van der Waals surface area contributed by atoms with E-state index in [2.05, 4.69) is 46.3 Å². The summed E-state index contributed by atoms with van der Waals surface area (Å²) < 4.78 is 8.24. The fraction of sp³-hybridized carbons (Fsp3) is 0.0556. The van der Waals surface area contributed by atoms with Gasteiger partial charge in [0, 0.05) is 34.6 Å². The predicted octanol–water partition coefficient (Wildman–Crippen LogP) is 7.86. The Morgan fingerprint density at radius 3 is 2.45 bits per heavy atom. The smallest absolute Gasteiger partial charge is 0.271 e. The Labute approximate surface area is 254 Å². The first-order chi connectivity index (χ1) is 21.5. The number of aryl methyl sites for hydroxylation is 1. The molecule has 1 aromatic heterocycles. The van der Waals surface area contributed by atoms with E-state index in [4.69, 9.17) is 4.74 Å². The largest absolute Gasteiger partial charge is 0.488 e. The minimum Gasteiger partial charge on any atom is -0.488 e. The van der Waals surface area contributed by atoms with Crippen molar-refractivity contribution in [3.63, 3.8) is 0 Å². The summed E-state index contributed by atoms with van der Waals surface area (Å²) in [5.41, 5.74) is 8.67. The van der Waals surface area contributed by atoms with Crippen LogP contribution in [0.3, 0.4) is 0 Å². The molecule has 0 aliphatic carbocycles. The molecule has 8 nitrogen and oxygen atoms in total. The molecule has 6 aromatic rings. The van der Waals surface area contributed by atoms with Gasteiger partial charge in [-0.3, -0.25) is 14.9 Å². The van der Waals surface area contributed by atoms with Crippen LogP contribution < -0.4 is 10.2 Å². The molecule has 0 saturated carbocycles. The van der Waals surface area contributed by atoms with Crippen molar-refractivity contribution in [2.75, 3.05) is 0 Å². The summed E-state index contributed by atoms with van der Waals surface area (Å²) in [6.07, 6.45) is 1.56. The molecular weight excluding hydrogens is 552 g/mol. The van der Waals surface area contributed by atoms with Gasteiger partial charge in [0.2, 0.25) is 0 Å². The van der Waals surface area contributed by atoms with Crippen LogP contribution in [0.1, 0.15) is 27.2 Å². The number of carbonyl (C=O) groups is 1. The number of fused-ring (bicyclic) bond motifs is 1. The number of nitrogens with zero attached hydrogens (tertiary/aromatic N) is 3. The lowest BCUT2D eigenvalue weighted by molar-refractivity contribution is -0.384. The molecule has 44 heavy (non-hydrogen) atoms. The quantitative estimate of drug-likeness (QED) is 0.107. The maximum atomic E-state index is 13.0. The van der Waals surface area contributed by atoms with Crippen molar-refractivity contribution >= 4 is 28.6 Å². The Balaban J connectivity index is 1.20. The molecule has 5 aromatic carbocycles. The number of amides is 1. The number of ether oxygens (including phenoxy) is 1.